The number of hydrogen-bond donors (Lipinski definition) is 1. The summed E-state index contributed by atoms with van der Waals surface area (Å²) in [5.74, 6) is -1.34. The summed E-state index contributed by atoms with van der Waals surface area (Å²) in [5.41, 5.74) is 2.03. The molecule has 0 spiro atoms. The van der Waals surface area contributed by atoms with Gasteiger partial charge in [-0.1, -0.05) is 11.8 Å². The molecule has 26 heavy (non-hydrogen) atoms. The van der Waals surface area contributed by atoms with E-state index in [1.54, 1.807) is 38.1 Å². The van der Waals surface area contributed by atoms with E-state index in [2.05, 4.69) is 20.6 Å². The number of hydrogen-bond acceptors (Lipinski definition) is 5. The number of rotatable bonds is 3. The molecule has 2 aromatic heterocycles. The van der Waals surface area contributed by atoms with Crippen LogP contribution in [0.4, 0.5) is 18.9 Å². The summed E-state index contributed by atoms with van der Waals surface area (Å²) in [7, 11) is 0. The summed E-state index contributed by atoms with van der Waals surface area (Å²) in [5, 5.41) is 14.0. The standard InChI is InChI=1S/C16H14F3N5OS/c1-8-9(2)14(23-24-13(8)21-22-15(24)16(17,18)19)26-12-6-4-11(5-7-12)20-10(3)25/h4-7H,1-3H3,(H,20,25). The van der Waals surface area contributed by atoms with Gasteiger partial charge in [0.25, 0.3) is 5.82 Å². The van der Waals surface area contributed by atoms with Crippen LogP contribution in [-0.2, 0) is 11.0 Å². The van der Waals surface area contributed by atoms with E-state index in [1.807, 2.05) is 0 Å². The first kappa shape index (κ1) is 18.2. The van der Waals surface area contributed by atoms with Crippen molar-refractivity contribution in [1.82, 2.24) is 19.8 Å². The average molecular weight is 381 g/mol. The molecule has 3 rings (SSSR count). The van der Waals surface area contributed by atoms with Crippen LogP contribution in [0.5, 0.6) is 0 Å². The number of nitrogens with zero attached hydrogens (tertiary/aromatic N) is 4. The van der Waals surface area contributed by atoms with Gasteiger partial charge in [0.05, 0.1) is 0 Å². The molecule has 1 amide bonds. The van der Waals surface area contributed by atoms with Gasteiger partial charge in [-0.25, -0.2) is 0 Å². The summed E-state index contributed by atoms with van der Waals surface area (Å²) in [4.78, 5) is 11.8. The Morgan fingerprint density at radius 2 is 1.77 bits per heavy atom. The molecule has 0 atom stereocenters. The zero-order chi connectivity index (χ0) is 19.1. The highest BCUT2D eigenvalue weighted by Gasteiger charge is 2.38. The van der Waals surface area contributed by atoms with Crippen LogP contribution >= 0.6 is 11.8 Å². The number of halogens is 3. The van der Waals surface area contributed by atoms with Gasteiger partial charge in [-0.3, -0.25) is 4.79 Å². The van der Waals surface area contributed by atoms with Gasteiger partial charge in [0.2, 0.25) is 5.91 Å². The Bertz CT molecular complexity index is 982. The van der Waals surface area contributed by atoms with E-state index >= 15 is 0 Å². The molecule has 0 saturated carbocycles. The second-order valence-electron chi connectivity index (χ2n) is 5.62. The smallest absolute Gasteiger partial charge is 0.326 e. The van der Waals surface area contributed by atoms with Crippen LogP contribution < -0.4 is 5.32 Å². The first-order valence-electron chi connectivity index (χ1n) is 7.52. The van der Waals surface area contributed by atoms with Crippen molar-refractivity contribution >= 4 is 29.0 Å². The Morgan fingerprint density at radius 1 is 1.12 bits per heavy atom. The Hall–Kier alpha value is -2.62. The predicted octanol–water partition coefficient (Wildman–Crippen LogP) is 3.87. The zero-order valence-corrected chi connectivity index (χ0v) is 14.9. The van der Waals surface area contributed by atoms with Gasteiger partial charge in [-0.15, -0.1) is 10.2 Å². The molecular formula is C16H14F3N5OS. The minimum Gasteiger partial charge on any atom is -0.326 e. The van der Waals surface area contributed by atoms with Crippen LogP contribution in [0.15, 0.2) is 34.2 Å². The molecule has 0 radical (unpaired) electrons. The van der Waals surface area contributed by atoms with Gasteiger partial charge >= 0.3 is 6.18 Å². The number of nitrogens with one attached hydrogen (secondary N) is 1. The molecule has 6 nitrogen and oxygen atoms in total. The third-order valence-electron chi connectivity index (χ3n) is 3.69. The third kappa shape index (κ3) is 3.50. The van der Waals surface area contributed by atoms with E-state index in [1.165, 1.54) is 18.7 Å². The fourth-order valence-corrected chi connectivity index (χ4v) is 3.22. The van der Waals surface area contributed by atoms with Crippen LogP contribution in [0.2, 0.25) is 0 Å². The Labute approximate surface area is 150 Å². The molecule has 0 fully saturated rings. The number of benzene rings is 1. The summed E-state index contributed by atoms with van der Waals surface area (Å²) in [6.45, 7) is 4.87. The topological polar surface area (TPSA) is 72.2 Å². The van der Waals surface area contributed by atoms with Gasteiger partial charge in [0.1, 0.15) is 5.03 Å². The van der Waals surface area contributed by atoms with E-state index in [9.17, 15) is 18.0 Å². The summed E-state index contributed by atoms with van der Waals surface area (Å²) < 4.78 is 40.0. The molecular weight excluding hydrogens is 367 g/mol. The number of carbonyl (C=O) groups is 1. The van der Waals surface area contributed by atoms with Crippen molar-refractivity contribution in [2.45, 2.75) is 36.9 Å². The number of amides is 1. The van der Waals surface area contributed by atoms with Crippen molar-refractivity contribution in [2.75, 3.05) is 5.32 Å². The van der Waals surface area contributed by atoms with Gasteiger partial charge in [0.15, 0.2) is 5.65 Å². The third-order valence-corrected chi connectivity index (χ3v) is 4.78. The lowest BCUT2D eigenvalue weighted by atomic mass is 10.2. The molecule has 1 N–H and O–H groups in total. The molecule has 1 aromatic carbocycles. The van der Waals surface area contributed by atoms with Crippen LogP contribution in [0.1, 0.15) is 23.9 Å². The first-order valence-corrected chi connectivity index (χ1v) is 8.34. The molecule has 3 aromatic rings. The van der Waals surface area contributed by atoms with Crippen molar-refractivity contribution in [3.05, 3.63) is 41.2 Å². The molecule has 0 unspecified atom stereocenters. The maximum absolute atomic E-state index is 13.1. The van der Waals surface area contributed by atoms with E-state index in [0.717, 1.165) is 15.0 Å². The molecule has 10 heteroatoms. The van der Waals surface area contributed by atoms with Crippen LogP contribution in [0.3, 0.4) is 0 Å². The number of anilines is 1. The Balaban J connectivity index is 1.99. The summed E-state index contributed by atoms with van der Waals surface area (Å²) in [6.07, 6.45) is -4.64. The van der Waals surface area contributed by atoms with E-state index in [-0.39, 0.29) is 11.6 Å². The monoisotopic (exact) mass is 381 g/mol. The number of aryl methyl sites for hydroxylation is 1. The molecule has 0 bridgehead atoms. The molecule has 2 heterocycles. The zero-order valence-electron chi connectivity index (χ0n) is 14.0. The van der Waals surface area contributed by atoms with Gasteiger partial charge in [-0.2, -0.15) is 22.8 Å². The molecule has 0 aliphatic heterocycles. The van der Waals surface area contributed by atoms with Crippen LogP contribution in [0, 0.1) is 13.8 Å². The highest BCUT2D eigenvalue weighted by molar-refractivity contribution is 7.99. The Kier molecular flexibility index (Phi) is 4.61. The fourth-order valence-electron chi connectivity index (χ4n) is 2.30. The quantitative estimate of drug-likeness (QED) is 0.746. The highest BCUT2D eigenvalue weighted by atomic mass is 32.2. The lowest BCUT2D eigenvalue weighted by Crippen LogP contribution is -2.13. The normalized spacial score (nSPS) is 11.8. The van der Waals surface area contributed by atoms with Crippen molar-refractivity contribution in [2.24, 2.45) is 0 Å². The van der Waals surface area contributed by atoms with Crippen LogP contribution in [-0.4, -0.2) is 25.7 Å². The molecule has 0 aliphatic rings. The van der Waals surface area contributed by atoms with Gasteiger partial charge in [0, 0.05) is 23.1 Å². The number of fused-ring (bicyclic) bond motifs is 1. The minimum atomic E-state index is -4.64. The highest BCUT2D eigenvalue weighted by Crippen LogP contribution is 2.33. The van der Waals surface area contributed by atoms with E-state index in [0.29, 0.717) is 16.3 Å². The van der Waals surface area contributed by atoms with E-state index in [4.69, 9.17) is 0 Å². The van der Waals surface area contributed by atoms with Crippen molar-refractivity contribution in [3.8, 4) is 0 Å². The maximum atomic E-state index is 13.1. The molecule has 0 aliphatic carbocycles. The number of aromatic nitrogens is 4. The van der Waals surface area contributed by atoms with Crippen molar-refractivity contribution in [3.63, 3.8) is 0 Å². The lowest BCUT2D eigenvalue weighted by molar-refractivity contribution is -0.146. The van der Waals surface area contributed by atoms with Crippen LogP contribution in [0.25, 0.3) is 5.65 Å². The van der Waals surface area contributed by atoms with Gasteiger partial charge < -0.3 is 5.32 Å². The molecule has 0 saturated heterocycles. The van der Waals surface area contributed by atoms with Crippen molar-refractivity contribution < 1.29 is 18.0 Å². The average Bonchev–Trinajstić information content (AvgIpc) is 2.98. The lowest BCUT2D eigenvalue weighted by Gasteiger charge is -2.11. The Morgan fingerprint density at radius 3 is 2.35 bits per heavy atom. The second-order valence-corrected chi connectivity index (χ2v) is 6.68. The molecule has 136 valence electrons. The van der Waals surface area contributed by atoms with E-state index < -0.39 is 12.0 Å². The first-order chi connectivity index (χ1) is 12.2. The van der Waals surface area contributed by atoms with Crippen molar-refractivity contribution in [1.29, 1.82) is 0 Å². The SMILES string of the molecule is CC(=O)Nc1ccc(Sc2nn3c(C(F)(F)F)nnc3c(C)c2C)cc1. The van der Waals surface area contributed by atoms with Gasteiger partial charge in [-0.05, 0) is 43.7 Å². The largest absolute Gasteiger partial charge is 0.453 e. The number of alkyl halides is 3. The number of carbonyl (C=O) groups excluding carboxylic acids is 1. The second kappa shape index (κ2) is 6.60. The predicted molar refractivity (Wildman–Crippen MR) is 90.1 cm³/mol. The minimum absolute atomic E-state index is 0.0835. The maximum Gasteiger partial charge on any atom is 0.453 e. The summed E-state index contributed by atoms with van der Waals surface area (Å²) >= 11 is 1.23. The fraction of sp³-hybridized carbons (Fsp3) is 0.250. The summed E-state index contributed by atoms with van der Waals surface area (Å²) in [6, 6.07) is 6.94.